The van der Waals surface area contributed by atoms with Crippen molar-refractivity contribution < 1.29 is 0 Å². The summed E-state index contributed by atoms with van der Waals surface area (Å²) in [6.45, 7) is 0. The van der Waals surface area contributed by atoms with Crippen molar-refractivity contribution in [1.29, 1.82) is 0 Å². The van der Waals surface area contributed by atoms with Crippen LogP contribution in [0.5, 0.6) is 0 Å². The fraction of sp³-hybridized carbons (Fsp3) is 0.0278. The van der Waals surface area contributed by atoms with Crippen molar-refractivity contribution in [2.45, 2.75) is 10.8 Å². The number of hydrogen-bond acceptors (Lipinski definition) is 1. The van der Waals surface area contributed by atoms with Crippen LogP contribution in [0.2, 0.25) is 0 Å². The molecule has 0 radical (unpaired) electrons. The van der Waals surface area contributed by atoms with E-state index in [4.69, 9.17) is 0 Å². The molecule has 12 aromatic rings. The Morgan fingerprint density at radius 1 is 0.219 bits per heavy atom. The second kappa shape index (κ2) is 15.1. The molecule has 4 aliphatic rings. The highest BCUT2D eigenvalue weighted by Crippen LogP contribution is 2.65. The van der Waals surface area contributed by atoms with Crippen LogP contribution in [0.1, 0.15) is 44.5 Å². The SMILES string of the molecule is c1ccc(-c2ccc(N(c3ccc(-c4ccc5c(c4)C4(c6ccccc6-c6ccccc64)c4ccccc4-5)cc3)c3ccc4c(c3)-c3c(ccc5ccccc35)C43c4ccccc4-c4ccccc43)cc2)cc1. The second-order valence-corrected chi connectivity index (χ2v) is 20.2. The van der Waals surface area contributed by atoms with Crippen molar-refractivity contribution >= 4 is 27.8 Å². The molecule has 0 saturated carbocycles. The van der Waals surface area contributed by atoms with E-state index in [0.29, 0.717) is 0 Å². The summed E-state index contributed by atoms with van der Waals surface area (Å²) in [5, 5.41) is 2.53. The highest BCUT2D eigenvalue weighted by molar-refractivity contribution is 6.07. The summed E-state index contributed by atoms with van der Waals surface area (Å²) in [6, 6.07) is 103. The fourth-order valence-electron chi connectivity index (χ4n) is 14.0. The topological polar surface area (TPSA) is 3.24 Å². The summed E-state index contributed by atoms with van der Waals surface area (Å²) in [4.78, 5) is 2.45. The quantitative estimate of drug-likeness (QED) is 0.166. The third-order valence-corrected chi connectivity index (χ3v) is 16.9. The molecule has 0 heterocycles. The molecule has 0 bridgehead atoms. The van der Waals surface area contributed by atoms with Gasteiger partial charge in [-0.1, -0.05) is 231 Å². The van der Waals surface area contributed by atoms with Crippen LogP contribution in [-0.2, 0) is 10.8 Å². The molecule has 0 aliphatic heterocycles. The van der Waals surface area contributed by atoms with Gasteiger partial charge in [-0.25, -0.2) is 0 Å². The molecule has 16 rings (SSSR count). The van der Waals surface area contributed by atoms with Gasteiger partial charge in [-0.15, -0.1) is 0 Å². The van der Waals surface area contributed by atoms with E-state index < -0.39 is 10.8 Å². The van der Waals surface area contributed by atoms with E-state index in [1.54, 1.807) is 0 Å². The number of fused-ring (bicyclic) bond motifs is 22. The van der Waals surface area contributed by atoms with Crippen molar-refractivity contribution in [2.24, 2.45) is 0 Å². The minimum Gasteiger partial charge on any atom is -0.310 e. The number of hydrogen-bond donors (Lipinski definition) is 0. The molecule has 73 heavy (non-hydrogen) atoms. The number of rotatable bonds is 5. The molecule has 4 aliphatic carbocycles. The summed E-state index contributed by atoms with van der Waals surface area (Å²) in [7, 11) is 0. The van der Waals surface area contributed by atoms with Crippen LogP contribution >= 0.6 is 0 Å². The Kier molecular flexibility index (Phi) is 8.37. The lowest BCUT2D eigenvalue weighted by Gasteiger charge is -2.31. The van der Waals surface area contributed by atoms with Crippen LogP contribution in [0.4, 0.5) is 17.1 Å². The average molecular weight is 924 g/mol. The van der Waals surface area contributed by atoms with E-state index in [-0.39, 0.29) is 0 Å². The van der Waals surface area contributed by atoms with Crippen LogP contribution in [0.25, 0.3) is 77.5 Å². The number of anilines is 3. The molecule has 0 aromatic heterocycles. The van der Waals surface area contributed by atoms with Crippen LogP contribution in [0.3, 0.4) is 0 Å². The first-order valence-corrected chi connectivity index (χ1v) is 25.6. The van der Waals surface area contributed by atoms with Crippen LogP contribution in [0, 0.1) is 0 Å². The molecule has 0 saturated heterocycles. The van der Waals surface area contributed by atoms with Crippen molar-refractivity contribution in [2.75, 3.05) is 4.90 Å². The molecule has 0 unspecified atom stereocenters. The Morgan fingerprint density at radius 3 is 1.15 bits per heavy atom. The maximum atomic E-state index is 2.49. The van der Waals surface area contributed by atoms with E-state index in [1.807, 2.05) is 0 Å². The van der Waals surface area contributed by atoms with Crippen molar-refractivity contribution in [3.05, 3.63) is 317 Å². The minimum absolute atomic E-state index is 0.392. The lowest BCUT2D eigenvalue weighted by atomic mass is 9.70. The first-order valence-electron chi connectivity index (χ1n) is 25.6. The summed E-state index contributed by atoms with van der Waals surface area (Å²) in [5.74, 6) is 0. The van der Waals surface area contributed by atoms with Gasteiger partial charge in [0.2, 0.25) is 0 Å². The second-order valence-electron chi connectivity index (χ2n) is 20.2. The molecule has 0 amide bonds. The van der Waals surface area contributed by atoms with Gasteiger partial charge in [0.25, 0.3) is 0 Å². The molecule has 0 atom stereocenters. The minimum atomic E-state index is -0.442. The first kappa shape index (κ1) is 40.4. The Hall–Kier alpha value is -9.30. The van der Waals surface area contributed by atoms with E-state index in [1.165, 1.54) is 122 Å². The normalized spacial score (nSPS) is 14.0. The summed E-state index contributed by atoms with van der Waals surface area (Å²) >= 11 is 0. The molecular weight excluding hydrogens is 879 g/mol. The molecule has 1 heteroatoms. The lowest BCUT2D eigenvalue weighted by molar-refractivity contribution is 0.794. The van der Waals surface area contributed by atoms with Crippen molar-refractivity contribution in [1.82, 2.24) is 0 Å². The molecule has 1 nitrogen and oxygen atoms in total. The highest BCUT2D eigenvalue weighted by Gasteiger charge is 2.53. The summed E-state index contributed by atoms with van der Waals surface area (Å²) < 4.78 is 0. The molecule has 12 aromatic carbocycles. The van der Waals surface area contributed by atoms with Crippen LogP contribution < -0.4 is 4.90 Å². The van der Waals surface area contributed by atoms with Gasteiger partial charge in [-0.05, 0) is 165 Å². The summed E-state index contributed by atoms with van der Waals surface area (Å²) in [5.41, 5.74) is 28.6. The molecule has 2 spiro atoms. The monoisotopic (exact) mass is 923 g/mol. The zero-order valence-electron chi connectivity index (χ0n) is 39.9. The van der Waals surface area contributed by atoms with Gasteiger partial charge < -0.3 is 4.90 Å². The van der Waals surface area contributed by atoms with E-state index in [2.05, 4.69) is 278 Å². The molecule has 338 valence electrons. The van der Waals surface area contributed by atoms with Crippen LogP contribution in [0.15, 0.2) is 273 Å². The predicted molar refractivity (Wildman–Crippen MR) is 302 cm³/mol. The van der Waals surface area contributed by atoms with Gasteiger partial charge in [-0.3, -0.25) is 0 Å². The van der Waals surface area contributed by atoms with Gasteiger partial charge in [-0.2, -0.15) is 0 Å². The van der Waals surface area contributed by atoms with Crippen molar-refractivity contribution in [3.63, 3.8) is 0 Å². The smallest absolute Gasteiger partial charge is 0.0725 e. The van der Waals surface area contributed by atoms with Gasteiger partial charge in [0.05, 0.1) is 10.8 Å². The van der Waals surface area contributed by atoms with Crippen LogP contribution in [-0.4, -0.2) is 0 Å². The number of nitrogens with zero attached hydrogens (tertiary/aromatic N) is 1. The lowest BCUT2D eigenvalue weighted by Crippen LogP contribution is -2.25. The molecular formula is C72H45N. The fourth-order valence-corrected chi connectivity index (χ4v) is 14.0. The zero-order chi connectivity index (χ0) is 47.8. The van der Waals surface area contributed by atoms with Gasteiger partial charge in [0.15, 0.2) is 0 Å². The van der Waals surface area contributed by atoms with E-state index in [9.17, 15) is 0 Å². The first-order chi connectivity index (χ1) is 36.2. The maximum absolute atomic E-state index is 2.49. The Labute approximate surface area is 425 Å². The average Bonchev–Trinajstić information content (AvgIpc) is 4.15. The van der Waals surface area contributed by atoms with E-state index >= 15 is 0 Å². The third kappa shape index (κ3) is 5.36. The largest absolute Gasteiger partial charge is 0.310 e. The molecule has 0 N–H and O–H groups in total. The van der Waals surface area contributed by atoms with Gasteiger partial charge >= 0.3 is 0 Å². The number of benzene rings is 12. The van der Waals surface area contributed by atoms with Crippen molar-refractivity contribution in [3.8, 4) is 66.8 Å². The maximum Gasteiger partial charge on any atom is 0.0725 e. The molecule has 0 fully saturated rings. The Bertz CT molecular complexity index is 4150. The standard InChI is InChI=1S/C72H45N/c1-2-16-46(17-3-1)47-30-36-51(37-31-47)73(53-40-43-67-61(45-53)70-54-19-5-4-18-49(54)35-42-68(70)71(67)62-25-11-6-20-55(62)56-21-7-12-26-63(56)71)52-38-32-48(33-39-52)50-34-41-60-59-24-10-15-29-66(59)72(69(60)44-50)64-27-13-8-22-57(64)58-23-9-14-28-65(58)72/h1-45H. The Balaban J connectivity index is 0.872. The zero-order valence-corrected chi connectivity index (χ0v) is 39.9. The van der Waals surface area contributed by atoms with Gasteiger partial charge in [0.1, 0.15) is 0 Å². The highest BCUT2D eigenvalue weighted by atomic mass is 15.1. The van der Waals surface area contributed by atoms with Gasteiger partial charge in [0, 0.05) is 17.1 Å². The predicted octanol–water partition coefficient (Wildman–Crippen LogP) is 18.3. The Morgan fingerprint density at radius 2 is 0.603 bits per heavy atom. The third-order valence-electron chi connectivity index (χ3n) is 16.9. The summed E-state index contributed by atoms with van der Waals surface area (Å²) in [6.07, 6.45) is 0. The van der Waals surface area contributed by atoms with E-state index in [0.717, 1.165) is 17.1 Å².